The Hall–Kier alpha value is -1.09. The van der Waals surface area contributed by atoms with Crippen molar-refractivity contribution in [2.45, 2.75) is 31.0 Å². The Morgan fingerprint density at radius 2 is 1.59 bits per heavy atom. The number of aliphatic hydroxyl groups is 2. The van der Waals surface area contributed by atoms with Gasteiger partial charge in [-0.05, 0) is 44.2 Å². The molecule has 0 amide bonds. The minimum absolute atomic E-state index is 0. The van der Waals surface area contributed by atoms with Crippen LogP contribution in [0.1, 0.15) is 18.2 Å². The molecule has 2 aromatic carbocycles. The Kier molecular flexibility index (Phi) is 10.7. The number of nitrogens with zero attached hydrogens (tertiary/aromatic N) is 2. The van der Waals surface area contributed by atoms with Gasteiger partial charge < -0.3 is 10.2 Å². The van der Waals surface area contributed by atoms with Crippen LogP contribution in [0.15, 0.2) is 59.5 Å². The van der Waals surface area contributed by atoms with E-state index in [-0.39, 0.29) is 74.3 Å². The van der Waals surface area contributed by atoms with E-state index >= 15 is 0 Å². The monoisotopic (exact) mass is 497 g/mol. The molecule has 3 aromatic rings. The van der Waals surface area contributed by atoms with E-state index in [4.69, 9.17) is 15.4 Å². The van der Waals surface area contributed by atoms with Crippen molar-refractivity contribution in [2.24, 2.45) is 5.14 Å². The van der Waals surface area contributed by atoms with E-state index in [1.165, 1.54) is 31.2 Å². The molecule has 170 valence electrons. The van der Waals surface area contributed by atoms with Crippen LogP contribution in [0, 0.1) is 6.92 Å². The molecule has 4 N–H and O–H groups in total. The minimum atomic E-state index is -4.61. The van der Waals surface area contributed by atoms with Crippen LogP contribution in [0.25, 0.3) is 16.9 Å². The average Bonchev–Trinajstić information content (AvgIpc) is 3.14. The van der Waals surface area contributed by atoms with Crippen LogP contribution in [0.4, 0.5) is 13.2 Å². The van der Waals surface area contributed by atoms with Crippen molar-refractivity contribution in [1.29, 1.82) is 0 Å². The van der Waals surface area contributed by atoms with E-state index < -0.39 is 28.0 Å². The third-order valence-electron chi connectivity index (χ3n) is 4.02. The molecule has 0 bridgehead atoms. The molecule has 12 heteroatoms. The second-order valence-electron chi connectivity index (χ2n) is 6.76. The van der Waals surface area contributed by atoms with Crippen molar-refractivity contribution >= 4 is 61.4 Å². The summed E-state index contributed by atoms with van der Waals surface area (Å²) in [5.74, 6) is 0. The predicted octanol–water partition coefficient (Wildman–Crippen LogP) is 2.22. The zero-order valence-corrected chi connectivity index (χ0v) is 17.5. The number of aromatic nitrogens is 2. The number of aliphatic hydroxyl groups excluding tert-OH is 2. The fourth-order valence-corrected chi connectivity index (χ4v) is 2.94. The van der Waals surface area contributed by atoms with E-state index in [1.54, 1.807) is 24.3 Å². The normalized spacial score (nSPS) is 12.4. The van der Waals surface area contributed by atoms with Gasteiger partial charge >= 0.3 is 57.6 Å². The Morgan fingerprint density at radius 1 is 1.09 bits per heavy atom. The number of nitrogens with two attached hydrogens (primary N) is 1. The quantitative estimate of drug-likeness (QED) is 0.478. The van der Waals surface area contributed by atoms with Gasteiger partial charge in [-0.15, -0.1) is 0 Å². The van der Waals surface area contributed by atoms with Crippen LogP contribution in [-0.4, -0.2) is 92.5 Å². The van der Waals surface area contributed by atoms with Crippen LogP contribution in [-0.2, 0) is 16.2 Å². The summed E-state index contributed by atoms with van der Waals surface area (Å²) in [5.41, 5.74) is 0.996. The Bertz CT molecular complexity index is 1110. The molecule has 32 heavy (non-hydrogen) atoms. The summed E-state index contributed by atoms with van der Waals surface area (Å²) in [7, 11) is -3.90. The van der Waals surface area contributed by atoms with E-state index in [2.05, 4.69) is 5.10 Å². The van der Waals surface area contributed by atoms with Gasteiger partial charge in [-0.25, -0.2) is 18.2 Å². The number of sulfonamides is 1. The molecule has 0 spiro atoms. The average molecular weight is 498 g/mol. The van der Waals surface area contributed by atoms with Gasteiger partial charge in [0.05, 0.1) is 29.0 Å². The number of hydrogen-bond donors (Lipinski definition) is 3. The molecule has 0 saturated heterocycles. The van der Waals surface area contributed by atoms with Crippen LogP contribution < -0.4 is 5.14 Å². The Balaban J connectivity index is 0.000000770. The number of benzene rings is 2. The summed E-state index contributed by atoms with van der Waals surface area (Å²) in [4.78, 5) is -0.138. The molecule has 1 atom stereocenters. The maximum absolute atomic E-state index is 13.1. The second kappa shape index (κ2) is 11.9. The molecule has 1 unspecified atom stereocenters. The number of halogens is 3. The van der Waals surface area contributed by atoms with Gasteiger partial charge in [0.1, 0.15) is 0 Å². The van der Waals surface area contributed by atoms with Gasteiger partial charge in [-0.1, -0.05) is 29.8 Å². The van der Waals surface area contributed by atoms with Gasteiger partial charge in [0, 0.05) is 5.56 Å². The van der Waals surface area contributed by atoms with Crippen molar-refractivity contribution in [3.63, 3.8) is 0 Å². The Morgan fingerprint density at radius 3 is 2.00 bits per heavy atom. The summed E-state index contributed by atoms with van der Waals surface area (Å²) in [6, 6.07) is 13.1. The summed E-state index contributed by atoms with van der Waals surface area (Å²) in [5, 5.41) is 24.7. The maximum atomic E-state index is 13.1. The first-order valence-corrected chi connectivity index (χ1v) is 10.5. The summed E-state index contributed by atoms with van der Waals surface area (Å²) >= 11 is 0. The summed E-state index contributed by atoms with van der Waals surface area (Å²) in [6.45, 7) is 3.26. The zero-order valence-electron chi connectivity index (χ0n) is 16.7. The third-order valence-corrected chi connectivity index (χ3v) is 4.95. The van der Waals surface area contributed by atoms with Crippen LogP contribution in [0.3, 0.4) is 0 Å². The first-order valence-electron chi connectivity index (χ1n) is 8.99. The van der Waals surface area contributed by atoms with Gasteiger partial charge in [0.15, 0.2) is 5.69 Å². The topological polar surface area (TPSA) is 118 Å². The molecule has 0 saturated carbocycles. The zero-order chi connectivity index (χ0) is 23.4. The number of hydrogen-bond acceptors (Lipinski definition) is 5. The molecule has 0 radical (unpaired) electrons. The molecule has 0 aliphatic carbocycles. The summed E-state index contributed by atoms with van der Waals surface area (Å²) in [6.07, 6.45) is -5.17. The first-order chi connectivity index (χ1) is 14.3. The van der Waals surface area contributed by atoms with Gasteiger partial charge in [0.25, 0.3) is 0 Å². The number of primary sulfonamides is 1. The van der Waals surface area contributed by atoms with Crippen molar-refractivity contribution < 1.29 is 31.8 Å². The van der Waals surface area contributed by atoms with Crippen LogP contribution >= 0.6 is 0 Å². The molecule has 1 heterocycles. The molecule has 7 nitrogen and oxygen atoms in total. The van der Waals surface area contributed by atoms with Crippen molar-refractivity contribution in [3.8, 4) is 16.9 Å². The first kappa shape index (κ1) is 28.9. The number of alkyl halides is 3. The van der Waals surface area contributed by atoms with Gasteiger partial charge in [0.2, 0.25) is 10.0 Å². The van der Waals surface area contributed by atoms with Crippen molar-refractivity contribution in [3.05, 3.63) is 65.9 Å². The number of rotatable bonds is 4. The fourth-order valence-electron chi connectivity index (χ4n) is 2.42. The third kappa shape index (κ3) is 8.04. The molecule has 3 rings (SSSR count). The standard InChI is InChI=1S/C17H14F3N3O2S.C3H8O2.K.H/c1-11-2-4-12(5-3-11)15-10-16(17(18,19)20)22-23(15)13-6-8-14(9-7-13)26(21,24)25;1-3(5)2-4;;/h2-10H,1H3,(H2,21,24,25);3-5H,2H2,1H3;;. The molecule has 0 aliphatic heterocycles. The molecular weight excluding hydrogens is 474 g/mol. The molecular formula is C20H23F3KN3O4S. The number of aryl methyl sites for hydroxylation is 1. The molecule has 0 aliphatic rings. The second-order valence-corrected chi connectivity index (χ2v) is 8.32. The van der Waals surface area contributed by atoms with E-state index in [1.807, 2.05) is 6.92 Å². The van der Waals surface area contributed by atoms with E-state index in [0.717, 1.165) is 16.3 Å². The summed E-state index contributed by atoms with van der Waals surface area (Å²) < 4.78 is 63.2. The molecule has 1 aromatic heterocycles. The van der Waals surface area contributed by atoms with E-state index in [0.29, 0.717) is 5.56 Å². The van der Waals surface area contributed by atoms with Crippen LogP contribution in [0.2, 0.25) is 0 Å². The van der Waals surface area contributed by atoms with Gasteiger partial charge in [-0.3, -0.25) is 0 Å². The van der Waals surface area contributed by atoms with E-state index in [9.17, 15) is 21.6 Å². The van der Waals surface area contributed by atoms with Crippen molar-refractivity contribution in [2.75, 3.05) is 6.61 Å². The Labute approximate surface area is 226 Å². The van der Waals surface area contributed by atoms with Crippen molar-refractivity contribution in [1.82, 2.24) is 9.78 Å². The van der Waals surface area contributed by atoms with Gasteiger partial charge in [-0.2, -0.15) is 18.3 Å². The van der Waals surface area contributed by atoms with Crippen LogP contribution in [0.5, 0.6) is 0 Å². The molecule has 0 fully saturated rings. The SMILES string of the molecule is CC(O)CO.Cc1ccc(-c2cc(C(F)(F)F)nn2-c2ccc(S(N)(=O)=O)cc2)cc1.[KH]. The fraction of sp³-hybridized carbons (Fsp3) is 0.250. The predicted molar refractivity (Wildman–Crippen MR) is 116 cm³/mol.